The van der Waals surface area contributed by atoms with E-state index in [-0.39, 0.29) is 29.7 Å². The van der Waals surface area contributed by atoms with Crippen molar-refractivity contribution < 1.29 is 14.4 Å². The molecule has 1 atom stereocenters. The minimum absolute atomic E-state index is 0.0509. The number of imide groups is 1. The second-order valence-corrected chi connectivity index (χ2v) is 9.67. The molecule has 3 aliphatic rings. The summed E-state index contributed by atoms with van der Waals surface area (Å²) < 4.78 is 1.79. The van der Waals surface area contributed by atoms with Crippen molar-refractivity contribution in [2.45, 2.75) is 58.0 Å². The molecule has 4 rings (SSSR count). The van der Waals surface area contributed by atoms with E-state index in [2.05, 4.69) is 22.2 Å². The molecule has 3 aliphatic heterocycles. The van der Waals surface area contributed by atoms with E-state index in [1.165, 1.54) is 4.90 Å². The van der Waals surface area contributed by atoms with Crippen molar-refractivity contribution in [3.63, 3.8) is 0 Å². The van der Waals surface area contributed by atoms with Gasteiger partial charge in [0.1, 0.15) is 5.54 Å². The van der Waals surface area contributed by atoms with Crippen LogP contribution in [0.3, 0.4) is 0 Å². The summed E-state index contributed by atoms with van der Waals surface area (Å²) in [6.45, 7) is 9.22. The lowest BCUT2D eigenvalue weighted by Crippen LogP contribution is -2.55. The summed E-state index contributed by atoms with van der Waals surface area (Å²) in [6.07, 6.45) is 7.70. The normalized spacial score (nSPS) is 23.1. The number of nitrogens with zero attached hydrogens (tertiary/aromatic N) is 5. The van der Waals surface area contributed by atoms with Crippen LogP contribution in [0.1, 0.15) is 46.0 Å². The molecule has 9 nitrogen and oxygen atoms in total. The Labute approximate surface area is 190 Å². The molecule has 0 saturated carbocycles. The molecule has 0 aromatic carbocycles. The summed E-state index contributed by atoms with van der Waals surface area (Å²) in [6, 6.07) is 1.61. The molecule has 0 bridgehead atoms. The fourth-order valence-corrected chi connectivity index (χ4v) is 5.33. The number of rotatable bonds is 7. The van der Waals surface area contributed by atoms with Gasteiger partial charge in [-0.3, -0.25) is 19.2 Å². The fraction of sp³-hybridized carbons (Fsp3) is 0.739. The lowest BCUT2D eigenvalue weighted by Gasteiger charge is -2.37. The average Bonchev–Trinajstić information content (AvgIpc) is 3.38. The smallest absolute Gasteiger partial charge is 0.325 e. The number of carbonyl (C=O) groups is 3. The number of amides is 4. The van der Waals surface area contributed by atoms with Crippen LogP contribution in [-0.2, 0) is 16.1 Å². The van der Waals surface area contributed by atoms with Crippen LogP contribution in [0.25, 0.3) is 0 Å². The van der Waals surface area contributed by atoms with Crippen LogP contribution in [-0.4, -0.2) is 87.1 Å². The molecule has 0 radical (unpaired) electrons. The molecule has 4 heterocycles. The summed E-state index contributed by atoms with van der Waals surface area (Å²) in [5, 5.41) is 7.21. The Bertz CT molecular complexity index is 810. The van der Waals surface area contributed by atoms with Crippen LogP contribution >= 0.6 is 0 Å². The number of piperidine rings is 2. The predicted molar refractivity (Wildman–Crippen MR) is 120 cm³/mol. The second-order valence-electron chi connectivity index (χ2n) is 9.67. The first-order valence-corrected chi connectivity index (χ1v) is 12.0. The Hall–Kier alpha value is -2.42. The Morgan fingerprint density at radius 2 is 1.94 bits per heavy atom. The third kappa shape index (κ3) is 4.67. The number of aromatic nitrogens is 2. The quantitative estimate of drug-likeness (QED) is 0.645. The van der Waals surface area contributed by atoms with Gasteiger partial charge in [0.05, 0.1) is 12.5 Å². The first-order valence-electron chi connectivity index (χ1n) is 12.0. The maximum atomic E-state index is 13.2. The van der Waals surface area contributed by atoms with Crippen molar-refractivity contribution in [2.24, 2.45) is 11.8 Å². The van der Waals surface area contributed by atoms with Gasteiger partial charge in [-0.25, -0.2) is 4.79 Å². The van der Waals surface area contributed by atoms with E-state index in [4.69, 9.17) is 0 Å². The van der Waals surface area contributed by atoms with Gasteiger partial charge in [0, 0.05) is 45.1 Å². The van der Waals surface area contributed by atoms with Crippen LogP contribution in [0.2, 0.25) is 0 Å². The molecular weight excluding hydrogens is 408 g/mol. The first kappa shape index (κ1) is 22.8. The molecule has 1 aromatic rings. The van der Waals surface area contributed by atoms with Crippen molar-refractivity contribution in [3.8, 4) is 0 Å². The van der Waals surface area contributed by atoms with Crippen LogP contribution in [0.5, 0.6) is 0 Å². The summed E-state index contributed by atoms with van der Waals surface area (Å²) in [4.78, 5) is 44.4. The van der Waals surface area contributed by atoms with Crippen LogP contribution in [0, 0.1) is 11.8 Å². The lowest BCUT2D eigenvalue weighted by molar-refractivity contribution is -0.138. The van der Waals surface area contributed by atoms with Crippen molar-refractivity contribution in [3.05, 3.63) is 18.5 Å². The summed E-state index contributed by atoms with van der Waals surface area (Å²) in [5.74, 6) is 0.207. The maximum Gasteiger partial charge on any atom is 0.325 e. The Morgan fingerprint density at radius 3 is 2.56 bits per heavy atom. The molecule has 1 spiro atoms. The van der Waals surface area contributed by atoms with Gasteiger partial charge in [0.15, 0.2) is 0 Å². The van der Waals surface area contributed by atoms with Gasteiger partial charge in [0.2, 0.25) is 5.91 Å². The standard InChI is InChI=1S/C23H36N6O3/c1-3-10-26-14-7-23(8-15-26)21(31)29(22(32)25-23)17-19-5-12-27(13-6-19)20(30)18(2)16-28-11-4-9-24-28/h4,9,11,18-19H,3,5-8,10,12-17H2,1-2H3,(H,25,32). The Kier molecular flexibility index (Phi) is 6.83. The van der Waals surface area contributed by atoms with Gasteiger partial charge in [-0.2, -0.15) is 5.10 Å². The Morgan fingerprint density at radius 1 is 1.22 bits per heavy atom. The molecule has 4 amide bonds. The van der Waals surface area contributed by atoms with Crippen LogP contribution in [0.15, 0.2) is 18.5 Å². The van der Waals surface area contributed by atoms with Crippen molar-refractivity contribution in [1.82, 2.24) is 29.8 Å². The minimum atomic E-state index is -0.708. The average molecular weight is 445 g/mol. The molecule has 0 aliphatic carbocycles. The van der Waals surface area contributed by atoms with Gasteiger partial charge in [-0.05, 0) is 50.6 Å². The molecule has 3 saturated heterocycles. The highest BCUT2D eigenvalue weighted by atomic mass is 16.2. The summed E-state index contributed by atoms with van der Waals surface area (Å²) >= 11 is 0. The largest absolute Gasteiger partial charge is 0.342 e. The molecule has 1 aromatic heterocycles. The van der Waals surface area contributed by atoms with Crippen molar-refractivity contribution >= 4 is 17.8 Å². The zero-order chi connectivity index (χ0) is 22.7. The van der Waals surface area contributed by atoms with Gasteiger partial charge >= 0.3 is 6.03 Å². The highest BCUT2D eigenvalue weighted by Gasteiger charge is 2.52. The molecular formula is C23H36N6O3. The molecule has 1 unspecified atom stereocenters. The predicted octanol–water partition coefficient (Wildman–Crippen LogP) is 1.55. The molecule has 1 N–H and O–H groups in total. The van der Waals surface area contributed by atoms with Gasteiger partial charge in [0.25, 0.3) is 5.91 Å². The third-order valence-corrected chi connectivity index (χ3v) is 7.30. The maximum absolute atomic E-state index is 13.2. The van der Waals surface area contributed by atoms with Crippen molar-refractivity contribution in [1.29, 1.82) is 0 Å². The van der Waals surface area contributed by atoms with E-state index in [1.807, 2.05) is 24.1 Å². The lowest BCUT2D eigenvalue weighted by atomic mass is 9.87. The molecule has 3 fully saturated rings. The van der Waals surface area contributed by atoms with E-state index >= 15 is 0 Å². The van der Waals surface area contributed by atoms with Gasteiger partial charge < -0.3 is 15.1 Å². The topological polar surface area (TPSA) is 90.8 Å². The van der Waals surface area contributed by atoms with Gasteiger partial charge in [-0.1, -0.05) is 13.8 Å². The number of hydrogen-bond donors (Lipinski definition) is 1. The van der Waals surface area contributed by atoms with Crippen LogP contribution < -0.4 is 5.32 Å². The number of urea groups is 1. The zero-order valence-corrected chi connectivity index (χ0v) is 19.3. The van der Waals surface area contributed by atoms with Crippen LogP contribution in [0.4, 0.5) is 4.79 Å². The first-order chi connectivity index (χ1) is 15.4. The van der Waals surface area contributed by atoms with Gasteiger partial charge in [-0.15, -0.1) is 0 Å². The van der Waals surface area contributed by atoms with E-state index in [1.54, 1.807) is 10.9 Å². The van der Waals surface area contributed by atoms with E-state index in [9.17, 15) is 14.4 Å². The molecule has 32 heavy (non-hydrogen) atoms. The van der Waals surface area contributed by atoms with Crippen molar-refractivity contribution in [2.75, 3.05) is 39.3 Å². The number of hydrogen-bond acceptors (Lipinski definition) is 5. The highest BCUT2D eigenvalue weighted by molar-refractivity contribution is 6.07. The van der Waals surface area contributed by atoms with E-state index in [0.717, 1.165) is 38.9 Å². The highest BCUT2D eigenvalue weighted by Crippen LogP contribution is 2.31. The summed E-state index contributed by atoms with van der Waals surface area (Å²) in [5.41, 5.74) is -0.708. The van der Waals surface area contributed by atoms with E-state index < -0.39 is 5.54 Å². The SMILES string of the molecule is CCCN1CCC2(CC1)NC(=O)N(CC1CCN(C(=O)C(C)Cn3cccn3)CC1)C2=O. The number of carbonyl (C=O) groups excluding carboxylic acids is 3. The monoisotopic (exact) mass is 444 g/mol. The number of nitrogens with one attached hydrogen (secondary N) is 1. The molecule has 176 valence electrons. The molecule has 9 heteroatoms. The van der Waals surface area contributed by atoms with E-state index in [0.29, 0.717) is 39.0 Å². The summed E-state index contributed by atoms with van der Waals surface area (Å²) in [7, 11) is 0. The Balaban J connectivity index is 1.26. The third-order valence-electron chi connectivity index (χ3n) is 7.30. The fourth-order valence-electron chi connectivity index (χ4n) is 5.33. The zero-order valence-electron chi connectivity index (χ0n) is 19.3. The number of likely N-dealkylation sites (tertiary alicyclic amines) is 2. The minimum Gasteiger partial charge on any atom is -0.342 e. The second kappa shape index (κ2) is 9.60.